The second-order valence-electron chi connectivity index (χ2n) is 4.15. The van der Waals surface area contributed by atoms with Crippen molar-refractivity contribution in [3.05, 3.63) is 29.3 Å². The van der Waals surface area contributed by atoms with Crippen molar-refractivity contribution in [1.29, 1.82) is 0 Å². The Labute approximate surface area is 105 Å². The van der Waals surface area contributed by atoms with E-state index in [2.05, 4.69) is 5.32 Å². The molecule has 1 aromatic rings. The average Bonchev–Trinajstić information content (AvgIpc) is 2.26. The minimum atomic E-state index is -4.18. The molecule has 1 N–H and O–H groups in total. The predicted molar refractivity (Wildman–Crippen MR) is 64.8 cm³/mol. The number of nitrogens with one attached hydrogen (secondary N) is 1. The zero-order chi connectivity index (χ0) is 13.8. The molecule has 0 amide bonds. The molecule has 0 fully saturated rings. The Morgan fingerprint density at radius 3 is 2.44 bits per heavy atom. The lowest BCUT2D eigenvalue weighted by Crippen LogP contribution is -2.27. The molecule has 0 radical (unpaired) electrons. The third-order valence-electron chi connectivity index (χ3n) is 2.74. The van der Waals surface area contributed by atoms with Crippen LogP contribution in [0.15, 0.2) is 18.2 Å². The second-order valence-corrected chi connectivity index (χ2v) is 4.15. The molecule has 0 saturated carbocycles. The quantitative estimate of drug-likeness (QED) is 0.874. The number of ether oxygens (including phenoxy) is 1. The van der Waals surface area contributed by atoms with Crippen molar-refractivity contribution in [2.24, 2.45) is 0 Å². The first kappa shape index (κ1) is 14.8. The minimum absolute atomic E-state index is 0.492. The maximum atomic E-state index is 12.5. The van der Waals surface area contributed by atoms with Crippen LogP contribution < -0.4 is 10.1 Å². The first-order valence-electron chi connectivity index (χ1n) is 5.82. The number of methoxy groups -OCH3 is 1. The summed E-state index contributed by atoms with van der Waals surface area (Å²) in [5.41, 5.74) is 1.46. The molecule has 0 heterocycles. The van der Waals surface area contributed by atoms with Gasteiger partial charge in [0.2, 0.25) is 0 Å². The Morgan fingerprint density at radius 1 is 1.33 bits per heavy atom. The molecule has 1 rings (SSSR count). The summed E-state index contributed by atoms with van der Waals surface area (Å²) in [5.74, 6) is 0.651. The van der Waals surface area contributed by atoms with E-state index in [1.54, 1.807) is 32.0 Å². The molecule has 0 aliphatic rings. The fourth-order valence-electron chi connectivity index (χ4n) is 1.94. The van der Waals surface area contributed by atoms with Gasteiger partial charge in [-0.05, 0) is 36.7 Å². The van der Waals surface area contributed by atoms with Crippen LogP contribution in [0.4, 0.5) is 13.2 Å². The number of hydrogen-bond donors (Lipinski definition) is 1. The number of halogens is 3. The van der Waals surface area contributed by atoms with Gasteiger partial charge in [0.15, 0.2) is 0 Å². The smallest absolute Gasteiger partial charge is 0.390 e. The number of aryl methyl sites for hydroxylation is 1. The van der Waals surface area contributed by atoms with E-state index in [-0.39, 0.29) is 0 Å². The number of hydrogen-bond acceptors (Lipinski definition) is 2. The highest BCUT2D eigenvalue weighted by atomic mass is 19.4. The SMILES string of the molecule is CCNC(CC(F)(F)F)c1ccc(OC)cc1C. The van der Waals surface area contributed by atoms with Gasteiger partial charge in [-0.2, -0.15) is 13.2 Å². The normalized spacial score (nSPS) is 13.4. The van der Waals surface area contributed by atoms with Crippen molar-refractivity contribution in [3.8, 4) is 5.75 Å². The van der Waals surface area contributed by atoms with Gasteiger partial charge in [-0.15, -0.1) is 0 Å². The van der Waals surface area contributed by atoms with Gasteiger partial charge in [-0.1, -0.05) is 13.0 Å². The summed E-state index contributed by atoms with van der Waals surface area (Å²) in [7, 11) is 1.53. The van der Waals surface area contributed by atoms with Gasteiger partial charge in [0.25, 0.3) is 0 Å². The second kappa shape index (κ2) is 6.09. The van der Waals surface area contributed by atoms with Crippen LogP contribution in [0.2, 0.25) is 0 Å². The molecule has 1 unspecified atom stereocenters. The molecule has 0 spiro atoms. The van der Waals surface area contributed by atoms with Gasteiger partial charge in [0.05, 0.1) is 13.5 Å². The van der Waals surface area contributed by atoms with Crippen molar-refractivity contribution >= 4 is 0 Å². The fourth-order valence-corrected chi connectivity index (χ4v) is 1.94. The molecule has 0 bridgehead atoms. The zero-order valence-electron chi connectivity index (χ0n) is 10.8. The maximum Gasteiger partial charge on any atom is 0.390 e. The van der Waals surface area contributed by atoms with Crippen molar-refractivity contribution in [3.63, 3.8) is 0 Å². The highest BCUT2D eigenvalue weighted by Crippen LogP contribution is 2.32. The molecule has 0 aromatic heterocycles. The highest BCUT2D eigenvalue weighted by molar-refractivity contribution is 5.36. The lowest BCUT2D eigenvalue weighted by molar-refractivity contribution is -0.140. The van der Waals surface area contributed by atoms with E-state index in [9.17, 15) is 13.2 Å². The predicted octanol–water partition coefficient (Wildman–Crippen LogP) is 3.61. The Hall–Kier alpha value is -1.23. The summed E-state index contributed by atoms with van der Waals surface area (Å²) in [4.78, 5) is 0. The van der Waals surface area contributed by atoms with E-state index in [1.165, 1.54) is 7.11 Å². The third kappa shape index (κ3) is 4.22. The monoisotopic (exact) mass is 261 g/mol. The average molecular weight is 261 g/mol. The van der Waals surface area contributed by atoms with Crippen LogP contribution in [0.1, 0.15) is 30.5 Å². The topological polar surface area (TPSA) is 21.3 Å². The molecule has 1 aromatic carbocycles. The van der Waals surface area contributed by atoms with Gasteiger partial charge >= 0.3 is 6.18 Å². The van der Waals surface area contributed by atoms with E-state index < -0.39 is 18.6 Å². The van der Waals surface area contributed by atoms with Gasteiger partial charge in [0.1, 0.15) is 5.75 Å². The van der Waals surface area contributed by atoms with E-state index in [1.807, 2.05) is 0 Å². The maximum absolute atomic E-state index is 12.5. The Balaban J connectivity index is 2.98. The third-order valence-corrected chi connectivity index (χ3v) is 2.74. The van der Waals surface area contributed by atoms with Gasteiger partial charge in [0, 0.05) is 6.04 Å². The minimum Gasteiger partial charge on any atom is -0.497 e. The van der Waals surface area contributed by atoms with Crippen LogP contribution in [-0.4, -0.2) is 19.8 Å². The molecule has 2 nitrogen and oxygen atoms in total. The van der Waals surface area contributed by atoms with Crippen LogP contribution in [-0.2, 0) is 0 Å². The number of alkyl halides is 3. The van der Waals surface area contributed by atoms with Crippen LogP contribution in [0.3, 0.4) is 0 Å². The van der Waals surface area contributed by atoms with Crippen molar-refractivity contribution in [2.75, 3.05) is 13.7 Å². The van der Waals surface area contributed by atoms with Crippen molar-refractivity contribution < 1.29 is 17.9 Å². The van der Waals surface area contributed by atoms with Gasteiger partial charge in [-0.25, -0.2) is 0 Å². The molecule has 1 atom stereocenters. The molecule has 0 aliphatic carbocycles. The van der Waals surface area contributed by atoms with Gasteiger partial charge < -0.3 is 10.1 Å². The Bertz CT molecular complexity index is 390. The number of rotatable bonds is 5. The summed E-state index contributed by atoms with van der Waals surface area (Å²) >= 11 is 0. The van der Waals surface area contributed by atoms with E-state index in [0.717, 1.165) is 5.56 Å². The number of benzene rings is 1. The Kier molecular flexibility index (Phi) is 5.02. The molecule has 18 heavy (non-hydrogen) atoms. The summed E-state index contributed by atoms with van der Waals surface area (Å²) < 4.78 is 42.6. The molecule has 0 aliphatic heterocycles. The lowest BCUT2D eigenvalue weighted by atomic mass is 9.98. The molecular weight excluding hydrogens is 243 g/mol. The lowest BCUT2D eigenvalue weighted by Gasteiger charge is -2.22. The van der Waals surface area contributed by atoms with Crippen LogP contribution in [0, 0.1) is 6.92 Å². The van der Waals surface area contributed by atoms with Crippen LogP contribution in [0.5, 0.6) is 5.75 Å². The zero-order valence-corrected chi connectivity index (χ0v) is 10.8. The summed E-state index contributed by atoms with van der Waals surface area (Å²) in [6.07, 6.45) is -5.05. The van der Waals surface area contributed by atoms with Crippen LogP contribution in [0.25, 0.3) is 0 Å². The molecule has 102 valence electrons. The summed E-state index contributed by atoms with van der Waals surface area (Å²) in [6.45, 7) is 4.08. The fraction of sp³-hybridized carbons (Fsp3) is 0.538. The van der Waals surface area contributed by atoms with E-state index >= 15 is 0 Å². The van der Waals surface area contributed by atoms with Gasteiger partial charge in [-0.3, -0.25) is 0 Å². The van der Waals surface area contributed by atoms with Crippen molar-refractivity contribution in [2.45, 2.75) is 32.5 Å². The molecule has 5 heteroatoms. The molecule has 0 saturated heterocycles. The van der Waals surface area contributed by atoms with Crippen molar-refractivity contribution in [1.82, 2.24) is 5.32 Å². The first-order chi connectivity index (χ1) is 8.37. The highest BCUT2D eigenvalue weighted by Gasteiger charge is 2.32. The van der Waals surface area contributed by atoms with E-state index in [4.69, 9.17) is 4.74 Å². The summed E-state index contributed by atoms with van der Waals surface area (Å²) in [6, 6.07) is 4.41. The summed E-state index contributed by atoms with van der Waals surface area (Å²) in [5, 5.41) is 2.87. The van der Waals surface area contributed by atoms with Crippen LogP contribution >= 0.6 is 0 Å². The van der Waals surface area contributed by atoms with E-state index in [0.29, 0.717) is 17.9 Å². The molecular formula is C13H18F3NO. The standard InChI is InChI=1S/C13H18F3NO/c1-4-17-12(8-13(14,15)16)11-6-5-10(18-3)7-9(11)2/h5-7,12,17H,4,8H2,1-3H3. The first-order valence-corrected chi connectivity index (χ1v) is 5.82. The Morgan fingerprint density at radius 2 is 2.00 bits per heavy atom. The largest absolute Gasteiger partial charge is 0.497 e.